The summed E-state index contributed by atoms with van der Waals surface area (Å²) < 4.78 is 68.3. The van der Waals surface area contributed by atoms with Crippen LogP contribution < -0.4 is 23.7 Å². The molecule has 6 aromatic rings. The second-order valence-corrected chi connectivity index (χ2v) is 15.9. The maximum atomic E-state index is 11.9. The molecule has 1 aliphatic heterocycles. The Balaban J connectivity index is 1.20. The van der Waals surface area contributed by atoms with Crippen molar-refractivity contribution in [3.8, 4) is 28.7 Å². The minimum atomic E-state index is -3.66. The summed E-state index contributed by atoms with van der Waals surface area (Å²) in [6.45, 7) is 1.39. The fourth-order valence-electron chi connectivity index (χ4n) is 7.48. The van der Waals surface area contributed by atoms with Crippen LogP contribution in [0.3, 0.4) is 0 Å². The van der Waals surface area contributed by atoms with Crippen molar-refractivity contribution in [2.75, 3.05) is 26.1 Å². The van der Waals surface area contributed by atoms with Crippen molar-refractivity contribution in [1.82, 2.24) is 0 Å². The lowest BCUT2D eigenvalue weighted by molar-refractivity contribution is -0.0920. The monoisotopic (exact) mass is 784 g/mol. The third kappa shape index (κ3) is 9.10. The third-order valence-corrected chi connectivity index (χ3v) is 10.7. The second kappa shape index (κ2) is 17.1. The summed E-state index contributed by atoms with van der Waals surface area (Å²) in [5.74, 6) is 2.48. The lowest BCUT2D eigenvalue weighted by Crippen LogP contribution is -2.47. The van der Waals surface area contributed by atoms with Crippen molar-refractivity contribution < 1.29 is 41.0 Å². The third-order valence-electron chi connectivity index (χ3n) is 10.1. The van der Waals surface area contributed by atoms with E-state index in [1.165, 1.54) is 0 Å². The molecule has 2 aliphatic rings. The molecule has 0 N–H and O–H groups in total. The Kier molecular flexibility index (Phi) is 11.4. The minimum absolute atomic E-state index is 0.0284. The van der Waals surface area contributed by atoms with Crippen LogP contribution >= 0.6 is 0 Å². The second-order valence-electron chi connectivity index (χ2n) is 14.2. The highest BCUT2D eigenvalue weighted by molar-refractivity contribution is 7.85. The summed E-state index contributed by atoms with van der Waals surface area (Å²) in [6.07, 6.45) is 1.50. The van der Waals surface area contributed by atoms with Crippen LogP contribution in [0.1, 0.15) is 44.9 Å². The topological polar surface area (TPSA) is 98.8 Å². The molecule has 0 saturated heterocycles. The molecule has 10 heteroatoms. The molecule has 0 fully saturated rings. The smallest absolute Gasteiger partial charge is 0.264 e. The zero-order chi connectivity index (χ0) is 39.1. The van der Waals surface area contributed by atoms with Crippen molar-refractivity contribution in [3.63, 3.8) is 0 Å². The van der Waals surface area contributed by atoms with Gasteiger partial charge in [-0.05, 0) is 51.6 Å². The molecule has 2 atom stereocenters. The maximum Gasteiger partial charge on any atom is 0.264 e. The van der Waals surface area contributed by atoms with E-state index in [0.717, 1.165) is 45.2 Å². The molecule has 1 heterocycles. The van der Waals surface area contributed by atoms with Crippen LogP contribution in [-0.2, 0) is 51.9 Å². The fraction of sp³-hybridized carbons (Fsp3) is 0.234. The van der Waals surface area contributed by atoms with Gasteiger partial charge in [-0.2, -0.15) is 8.42 Å². The summed E-state index contributed by atoms with van der Waals surface area (Å²) >= 11 is 0. The van der Waals surface area contributed by atoms with E-state index in [1.54, 1.807) is 0 Å². The molecule has 57 heavy (non-hydrogen) atoms. The van der Waals surface area contributed by atoms with Crippen LogP contribution in [0.25, 0.3) is 0 Å². The summed E-state index contributed by atoms with van der Waals surface area (Å²) in [5.41, 5.74) is 6.01. The van der Waals surface area contributed by atoms with Crippen molar-refractivity contribution in [3.05, 3.63) is 185 Å². The first kappa shape index (κ1) is 38.1. The molecular formula is C47H44O9S. The van der Waals surface area contributed by atoms with Crippen molar-refractivity contribution >= 4 is 10.1 Å². The summed E-state index contributed by atoms with van der Waals surface area (Å²) in [7, 11) is -3.66. The van der Waals surface area contributed by atoms with Gasteiger partial charge in [-0.15, -0.1) is 0 Å². The molecule has 0 amide bonds. The van der Waals surface area contributed by atoms with Gasteiger partial charge in [0.2, 0.25) is 5.75 Å². The Bertz CT molecular complexity index is 2370. The van der Waals surface area contributed by atoms with Crippen LogP contribution in [0, 0.1) is 0 Å². The molecule has 2 unspecified atom stereocenters. The van der Waals surface area contributed by atoms with Crippen molar-refractivity contribution in [1.29, 1.82) is 0 Å². The average Bonchev–Trinajstić information content (AvgIpc) is 3.56. The van der Waals surface area contributed by atoms with Gasteiger partial charge in [-0.1, -0.05) is 127 Å². The van der Waals surface area contributed by atoms with E-state index in [9.17, 15) is 8.42 Å². The molecule has 0 aromatic heterocycles. The number of benzene rings is 6. The molecule has 292 valence electrons. The molecular weight excluding hydrogens is 741 g/mol. The van der Waals surface area contributed by atoms with E-state index < -0.39 is 15.7 Å². The van der Waals surface area contributed by atoms with Gasteiger partial charge < -0.3 is 28.4 Å². The Morgan fingerprint density at radius 3 is 1.60 bits per heavy atom. The lowest BCUT2D eigenvalue weighted by Gasteiger charge is -2.41. The predicted octanol–water partition coefficient (Wildman–Crippen LogP) is 8.81. The number of ether oxygens (including phenoxy) is 6. The predicted molar refractivity (Wildman–Crippen MR) is 217 cm³/mol. The van der Waals surface area contributed by atoms with E-state index in [4.69, 9.17) is 32.6 Å². The molecule has 0 saturated carbocycles. The van der Waals surface area contributed by atoms with Gasteiger partial charge in [-0.25, -0.2) is 0 Å². The minimum Gasteiger partial charge on any atom is -0.486 e. The van der Waals surface area contributed by atoms with Gasteiger partial charge in [-0.3, -0.25) is 4.18 Å². The Hall–Kier alpha value is -5.81. The van der Waals surface area contributed by atoms with E-state index in [0.29, 0.717) is 61.6 Å². The zero-order valence-electron chi connectivity index (χ0n) is 31.7. The van der Waals surface area contributed by atoms with E-state index in [-0.39, 0.29) is 25.7 Å². The van der Waals surface area contributed by atoms with Crippen LogP contribution in [-0.4, -0.2) is 40.1 Å². The first-order valence-corrected chi connectivity index (χ1v) is 20.8. The highest BCUT2D eigenvalue weighted by Gasteiger charge is 2.53. The first-order chi connectivity index (χ1) is 27.8. The Morgan fingerprint density at radius 2 is 1.07 bits per heavy atom. The molecule has 0 spiro atoms. The number of hydrogen-bond donors (Lipinski definition) is 0. The summed E-state index contributed by atoms with van der Waals surface area (Å²) in [6, 6.07) is 48.0. The first-order valence-electron chi connectivity index (χ1n) is 19.0. The standard InChI is InChI=1S/C47H44O9S/c1-57(48,49)56-25-24-55-47-28-38-26-42(51-30-35-16-8-3-9-17-35)43(52-31-36-18-10-4-11-19-36)27-40(38)44(47)39-22-23-41(50-29-34-14-6-2-7-15-34)46(45(39)54-33-47)53-32-37-20-12-5-13-21-37/h2-23,26-27,44H,24-25,28-33H2,1H3. The van der Waals surface area contributed by atoms with Crippen LogP contribution in [0.4, 0.5) is 0 Å². The van der Waals surface area contributed by atoms with Crippen molar-refractivity contribution in [2.45, 2.75) is 44.4 Å². The molecule has 0 radical (unpaired) electrons. The number of hydrogen-bond acceptors (Lipinski definition) is 9. The molecule has 8 rings (SSSR count). The molecule has 0 bridgehead atoms. The SMILES string of the molecule is CS(=O)(=O)OCCOC12COc3c(ccc(OCc4ccccc4)c3OCc3ccccc3)C1c1cc(OCc3ccccc3)c(OCc3ccccc3)cc1C2. The lowest BCUT2D eigenvalue weighted by atomic mass is 9.80. The largest absolute Gasteiger partial charge is 0.486 e. The average molecular weight is 785 g/mol. The quantitative estimate of drug-likeness (QED) is 0.0664. The number of fused-ring (bicyclic) bond motifs is 5. The summed E-state index contributed by atoms with van der Waals surface area (Å²) in [4.78, 5) is 0. The zero-order valence-corrected chi connectivity index (χ0v) is 32.5. The van der Waals surface area contributed by atoms with Gasteiger partial charge >= 0.3 is 0 Å². The number of rotatable bonds is 17. The molecule has 1 aliphatic carbocycles. The van der Waals surface area contributed by atoms with Crippen molar-refractivity contribution in [2.24, 2.45) is 0 Å². The van der Waals surface area contributed by atoms with Gasteiger partial charge in [0.1, 0.15) is 38.6 Å². The molecule has 9 nitrogen and oxygen atoms in total. The fourth-order valence-corrected chi connectivity index (χ4v) is 7.85. The van der Waals surface area contributed by atoms with Gasteiger partial charge in [0, 0.05) is 17.9 Å². The van der Waals surface area contributed by atoms with E-state index >= 15 is 0 Å². The van der Waals surface area contributed by atoms with E-state index in [1.807, 2.05) is 140 Å². The highest BCUT2D eigenvalue weighted by atomic mass is 32.2. The Labute approximate surface area is 333 Å². The van der Waals surface area contributed by atoms with Gasteiger partial charge in [0.05, 0.1) is 19.5 Å². The Morgan fingerprint density at radius 1 is 0.579 bits per heavy atom. The van der Waals surface area contributed by atoms with Crippen LogP contribution in [0.2, 0.25) is 0 Å². The normalized spacial score (nSPS) is 16.8. The van der Waals surface area contributed by atoms with Crippen LogP contribution in [0.5, 0.6) is 28.7 Å². The highest BCUT2D eigenvalue weighted by Crippen LogP contribution is 2.58. The summed E-state index contributed by atoms with van der Waals surface area (Å²) in [5, 5.41) is 0. The maximum absolute atomic E-state index is 11.9. The van der Waals surface area contributed by atoms with Crippen LogP contribution in [0.15, 0.2) is 146 Å². The molecule has 6 aromatic carbocycles. The van der Waals surface area contributed by atoms with Gasteiger partial charge in [0.25, 0.3) is 10.1 Å². The van der Waals surface area contributed by atoms with E-state index in [2.05, 4.69) is 6.07 Å². The van der Waals surface area contributed by atoms with Gasteiger partial charge in [0.15, 0.2) is 23.0 Å².